The van der Waals surface area contributed by atoms with Crippen LogP contribution in [0.2, 0.25) is 0 Å². The number of hydrogen-bond donors (Lipinski definition) is 0. The summed E-state index contributed by atoms with van der Waals surface area (Å²) in [5.41, 5.74) is 0. The number of carboxylic acid groups (broad SMARTS) is 4. The second kappa shape index (κ2) is 7.94. The Kier molecular flexibility index (Phi) is 8.47. The van der Waals surface area contributed by atoms with Gasteiger partial charge in [-0.2, -0.15) is 0 Å². The van der Waals surface area contributed by atoms with Gasteiger partial charge in [0.2, 0.25) is 0 Å². The standard InChI is InChI=1S/C8H10O8.Bi/c9-5(10)1-3(7(13)14)4(8(15)16)2-6(11)12;/h3-4H,1-2H2,(H,9,10)(H,11,12)(H,13,14)(H,15,16);/p-4. The zero-order chi connectivity index (χ0) is 12.9. The number of aliphatic carboxylic acids is 4. The molecule has 0 saturated heterocycles. The number of carbonyl (C=O) groups excluding carboxylic acids is 4. The van der Waals surface area contributed by atoms with Gasteiger partial charge in [-0.1, -0.05) is 0 Å². The normalized spacial score (nSPS) is 12.9. The van der Waals surface area contributed by atoms with Crippen LogP contribution in [0.1, 0.15) is 12.8 Å². The van der Waals surface area contributed by atoms with E-state index in [1.807, 2.05) is 0 Å². The van der Waals surface area contributed by atoms with Gasteiger partial charge in [-0.15, -0.1) is 0 Å². The Labute approximate surface area is 114 Å². The van der Waals surface area contributed by atoms with Gasteiger partial charge in [0.1, 0.15) is 0 Å². The number of hydrogen-bond acceptors (Lipinski definition) is 8. The van der Waals surface area contributed by atoms with Crippen LogP contribution in [-0.4, -0.2) is 50.1 Å². The molecule has 8 nitrogen and oxygen atoms in total. The van der Waals surface area contributed by atoms with Gasteiger partial charge in [-0.05, 0) is 12.8 Å². The molecule has 0 bridgehead atoms. The van der Waals surface area contributed by atoms with Gasteiger partial charge in [-0.3, -0.25) is 0 Å². The van der Waals surface area contributed by atoms with Crippen molar-refractivity contribution in [2.75, 3.05) is 0 Å². The third-order valence-corrected chi connectivity index (χ3v) is 1.86. The number of carbonyl (C=O) groups is 4. The van der Waals surface area contributed by atoms with Gasteiger partial charge < -0.3 is 39.6 Å². The molecule has 17 heavy (non-hydrogen) atoms. The molecule has 0 N–H and O–H groups in total. The third-order valence-electron chi connectivity index (χ3n) is 1.86. The molecular weight excluding hydrogens is 433 g/mol. The molecule has 2 atom stereocenters. The predicted molar refractivity (Wildman–Crippen MR) is 42.0 cm³/mol. The third kappa shape index (κ3) is 6.83. The van der Waals surface area contributed by atoms with Crippen molar-refractivity contribution in [3.63, 3.8) is 0 Å². The topological polar surface area (TPSA) is 161 Å². The average molecular weight is 439 g/mol. The molecule has 3 radical (unpaired) electrons. The van der Waals surface area contributed by atoms with Gasteiger partial charge in [0.15, 0.2) is 0 Å². The molecule has 2 unspecified atom stereocenters. The number of carboxylic acids is 4. The minimum atomic E-state index is -2.03. The van der Waals surface area contributed by atoms with Crippen molar-refractivity contribution in [1.29, 1.82) is 0 Å². The summed E-state index contributed by atoms with van der Waals surface area (Å²) in [5, 5.41) is 41.2. The fourth-order valence-corrected chi connectivity index (χ4v) is 1.14. The molecule has 0 aliphatic carbocycles. The van der Waals surface area contributed by atoms with Crippen molar-refractivity contribution in [2.24, 2.45) is 11.8 Å². The Morgan fingerprint density at radius 2 is 0.941 bits per heavy atom. The van der Waals surface area contributed by atoms with E-state index in [2.05, 4.69) is 0 Å². The van der Waals surface area contributed by atoms with Crippen molar-refractivity contribution in [3.05, 3.63) is 0 Å². The molecule has 0 aliphatic rings. The first-order valence-electron chi connectivity index (χ1n) is 4.07. The summed E-state index contributed by atoms with van der Waals surface area (Å²) in [6.45, 7) is 0. The summed E-state index contributed by atoms with van der Waals surface area (Å²) in [6, 6.07) is 0. The minimum Gasteiger partial charge on any atom is -0.550 e. The first-order valence-corrected chi connectivity index (χ1v) is 4.07. The molecule has 95 valence electrons. The maximum Gasteiger partial charge on any atom is 0.0455 e. The van der Waals surface area contributed by atoms with E-state index in [0.717, 1.165) is 0 Å². The van der Waals surface area contributed by atoms with Gasteiger partial charge in [0.25, 0.3) is 0 Å². The molecule has 9 heteroatoms. The molecule has 0 spiro atoms. The predicted octanol–water partition coefficient (Wildman–Crippen LogP) is -6.38. The Balaban J connectivity index is 0. The van der Waals surface area contributed by atoms with E-state index >= 15 is 0 Å². The Hall–Kier alpha value is -1.24. The van der Waals surface area contributed by atoms with Gasteiger partial charge in [-0.25, -0.2) is 0 Å². The van der Waals surface area contributed by atoms with Crippen LogP contribution in [-0.2, 0) is 19.2 Å². The van der Waals surface area contributed by atoms with E-state index in [1.54, 1.807) is 0 Å². The molecule has 0 aromatic rings. The summed E-state index contributed by atoms with van der Waals surface area (Å²) in [5.74, 6) is -11.7. The maximum absolute atomic E-state index is 10.5. The van der Waals surface area contributed by atoms with Crippen LogP contribution < -0.4 is 20.4 Å². The van der Waals surface area contributed by atoms with Crippen LogP contribution in [0.5, 0.6) is 0 Å². The second-order valence-electron chi connectivity index (χ2n) is 3.00. The Morgan fingerprint density at radius 1 is 0.706 bits per heavy atom. The monoisotopic (exact) mass is 439 g/mol. The molecule has 0 heterocycles. The maximum atomic E-state index is 10.5. The van der Waals surface area contributed by atoms with Crippen molar-refractivity contribution >= 4 is 50.1 Å². The smallest absolute Gasteiger partial charge is 0.0455 e. The summed E-state index contributed by atoms with van der Waals surface area (Å²) in [6.07, 6.45) is -2.34. The molecular formula is C8H6BiO8-4. The van der Waals surface area contributed by atoms with Gasteiger partial charge >= 0.3 is 0 Å². The summed E-state index contributed by atoms with van der Waals surface area (Å²) in [7, 11) is 0. The largest absolute Gasteiger partial charge is 0.550 e. The Bertz CT molecular complexity index is 293. The fourth-order valence-electron chi connectivity index (χ4n) is 1.14. The van der Waals surface area contributed by atoms with Crippen LogP contribution in [0, 0.1) is 11.8 Å². The van der Waals surface area contributed by atoms with Crippen molar-refractivity contribution in [2.45, 2.75) is 12.8 Å². The SMILES string of the molecule is O=C([O-])CC(C(=O)[O-])C(CC(=O)[O-])C(=O)[O-].[Bi]. The first kappa shape index (κ1) is 18.1. The van der Waals surface area contributed by atoms with Crippen LogP contribution in [0.15, 0.2) is 0 Å². The van der Waals surface area contributed by atoms with Crippen LogP contribution in [0.25, 0.3) is 0 Å². The van der Waals surface area contributed by atoms with E-state index in [-0.39, 0.29) is 26.2 Å². The molecule has 0 aliphatic heterocycles. The van der Waals surface area contributed by atoms with Crippen molar-refractivity contribution < 1.29 is 39.6 Å². The molecule has 0 aromatic carbocycles. The molecule has 0 aromatic heterocycles. The fraction of sp³-hybridized carbons (Fsp3) is 0.500. The quantitative estimate of drug-likeness (QED) is 0.354. The zero-order valence-electron chi connectivity index (χ0n) is 8.28. The summed E-state index contributed by atoms with van der Waals surface area (Å²) in [4.78, 5) is 41.2. The van der Waals surface area contributed by atoms with E-state index < -0.39 is 48.6 Å². The van der Waals surface area contributed by atoms with Crippen molar-refractivity contribution in [3.8, 4) is 0 Å². The van der Waals surface area contributed by atoms with Crippen LogP contribution >= 0.6 is 0 Å². The van der Waals surface area contributed by atoms with E-state index in [0.29, 0.717) is 0 Å². The first-order chi connectivity index (χ1) is 7.25. The zero-order valence-corrected chi connectivity index (χ0v) is 11.8. The second-order valence-corrected chi connectivity index (χ2v) is 3.00. The number of rotatable bonds is 7. The molecule has 0 amide bonds. The van der Waals surface area contributed by atoms with E-state index in [1.165, 1.54) is 0 Å². The van der Waals surface area contributed by atoms with Crippen LogP contribution in [0.3, 0.4) is 0 Å². The van der Waals surface area contributed by atoms with Gasteiger partial charge in [0.05, 0.1) is 0 Å². The Morgan fingerprint density at radius 3 is 1.06 bits per heavy atom. The van der Waals surface area contributed by atoms with Crippen molar-refractivity contribution in [1.82, 2.24) is 0 Å². The van der Waals surface area contributed by atoms with E-state index in [4.69, 9.17) is 0 Å². The van der Waals surface area contributed by atoms with Gasteiger partial charge in [0, 0.05) is 61.9 Å². The average Bonchev–Trinajstić information content (AvgIpc) is 2.09. The molecule has 0 rings (SSSR count). The molecule has 0 fully saturated rings. The minimum absolute atomic E-state index is 0. The van der Waals surface area contributed by atoms with E-state index in [9.17, 15) is 39.6 Å². The van der Waals surface area contributed by atoms with Crippen LogP contribution in [0.4, 0.5) is 0 Å². The summed E-state index contributed by atoms with van der Waals surface area (Å²) < 4.78 is 0. The summed E-state index contributed by atoms with van der Waals surface area (Å²) >= 11 is 0. The molecule has 0 saturated carbocycles.